The van der Waals surface area contributed by atoms with Crippen molar-refractivity contribution in [3.8, 4) is 11.8 Å². The molecule has 3 nitrogen and oxygen atoms in total. The van der Waals surface area contributed by atoms with Gasteiger partial charge >= 0.3 is 5.97 Å². The largest absolute Gasteiger partial charge is 0.481 e. The van der Waals surface area contributed by atoms with E-state index < -0.39 is 11.4 Å². The van der Waals surface area contributed by atoms with E-state index in [9.17, 15) is 9.90 Å². The van der Waals surface area contributed by atoms with Gasteiger partial charge in [-0.1, -0.05) is 44.7 Å². The van der Waals surface area contributed by atoms with Gasteiger partial charge in [0.1, 0.15) is 0 Å². The van der Waals surface area contributed by atoms with Gasteiger partial charge in [0, 0.05) is 17.2 Å². The van der Waals surface area contributed by atoms with Gasteiger partial charge in [-0.05, 0) is 92.1 Å². The smallest absolute Gasteiger partial charge is 0.313 e. The van der Waals surface area contributed by atoms with Crippen LogP contribution >= 0.6 is 0 Å². The highest BCUT2D eigenvalue weighted by Crippen LogP contribution is 2.43. The first-order valence-electron chi connectivity index (χ1n) is 10.8. The highest BCUT2D eigenvalue weighted by Gasteiger charge is 2.33. The summed E-state index contributed by atoms with van der Waals surface area (Å²) in [7, 11) is 2.05. The zero-order valence-corrected chi connectivity index (χ0v) is 19.0. The molecule has 0 saturated heterocycles. The minimum absolute atomic E-state index is 0.147. The van der Waals surface area contributed by atoms with Crippen LogP contribution in [0, 0.1) is 11.8 Å². The summed E-state index contributed by atoms with van der Waals surface area (Å²) in [6.45, 7) is 10.3. The van der Waals surface area contributed by atoms with Crippen molar-refractivity contribution in [1.29, 1.82) is 0 Å². The van der Waals surface area contributed by atoms with E-state index in [4.69, 9.17) is 0 Å². The molecule has 1 aliphatic rings. The number of hydrogen-bond acceptors (Lipinski definition) is 2. The third-order valence-corrected chi connectivity index (χ3v) is 6.62. The molecule has 2 aromatic rings. The molecule has 0 fully saturated rings. The van der Waals surface area contributed by atoms with Gasteiger partial charge in [0.25, 0.3) is 0 Å². The molecule has 2 N–H and O–H groups in total. The maximum atomic E-state index is 11.5. The molecule has 0 radical (unpaired) electrons. The highest BCUT2D eigenvalue weighted by atomic mass is 16.4. The first kappa shape index (κ1) is 22.1. The minimum atomic E-state index is -0.907. The number of hydrogen-bond donors (Lipinski definition) is 2. The minimum Gasteiger partial charge on any atom is -0.481 e. The molecular formula is C27H33NO2. The summed E-state index contributed by atoms with van der Waals surface area (Å²) >= 11 is 0. The molecule has 0 heterocycles. The number of benzene rings is 2. The van der Waals surface area contributed by atoms with E-state index in [2.05, 4.69) is 57.1 Å². The Bertz CT molecular complexity index is 1000. The van der Waals surface area contributed by atoms with Crippen molar-refractivity contribution in [1.82, 2.24) is 5.32 Å². The maximum Gasteiger partial charge on any atom is 0.313 e. The van der Waals surface area contributed by atoms with E-state index in [1.807, 2.05) is 24.3 Å². The first-order chi connectivity index (χ1) is 14.1. The van der Waals surface area contributed by atoms with Crippen molar-refractivity contribution in [3.05, 3.63) is 69.8 Å². The van der Waals surface area contributed by atoms with Crippen LogP contribution in [-0.4, -0.2) is 18.1 Å². The second-order valence-electron chi connectivity index (χ2n) is 9.47. The number of rotatable bonds is 4. The number of carbonyl (C=O) groups is 1. The number of nitrogens with one attached hydrogen (secondary N) is 1. The number of carboxylic acids is 1. The summed E-state index contributed by atoms with van der Waals surface area (Å²) in [5.74, 6) is 5.79. The van der Waals surface area contributed by atoms with E-state index in [1.54, 1.807) is 13.8 Å². The molecular weight excluding hydrogens is 370 g/mol. The number of fused-ring (bicyclic) bond motifs is 1. The Morgan fingerprint density at radius 2 is 1.80 bits per heavy atom. The van der Waals surface area contributed by atoms with Crippen LogP contribution < -0.4 is 5.32 Å². The van der Waals surface area contributed by atoms with Crippen molar-refractivity contribution in [2.45, 2.75) is 70.8 Å². The lowest BCUT2D eigenvalue weighted by Gasteiger charge is -2.38. The Labute approximate surface area is 180 Å². The average Bonchev–Trinajstić information content (AvgIpc) is 2.72. The van der Waals surface area contributed by atoms with E-state index in [1.165, 1.54) is 16.7 Å². The summed E-state index contributed by atoms with van der Waals surface area (Å²) in [4.78, 5) is 11.5. The molecule has 3 rings (SSSR count). The van der Waals surface area contributed by atoms with Crippen LogP contribution in [0.2, 0.25) is 0 Å². The quantitative estimate of drug-likeness (QED) is 0.677. The molecule has 0 amide bonds. The number of aryl methyl sites for hydroxylation is 1. The molecule has 0 bridgehead atoms. The van der Waals surface area contributed by atoms with Crippen LogP contribution in [-0.2, 0) is 22.0 Å². The Morgan fingerprint density at radius 1 is 1.17 bits per heavy atom. The van der Waals surface area contributed by atoms with Gasteiger partial charge in [0.05, 0.1) is 5.41 Å². The predicted molar refractivity (Wildman–Crippen MR) is 123 cm³/mol. The monoisotopic (exact) mass is 403 g/mol. The standard InChI is InChI=1S/C27H33NO2/c1-7-20-16-19(17-22-24(20)23(28-6)14-15-26(22,2)3)9-8-18-10-12-21(13-11-18)27(4,5)25(29)30/h10-13,16-17,23,28H,7,14-15H2,1-6H3,(H,29,30). The zero-order valence-electron chi connectivity index (χ0n) is 19.0. The van der Waals surface area contributed by atoms with E-state index >= 15 is 0 Å². The molecule has 158 valence electrons. The predicted octanol–water partition coefficient (Wildman–Crippen LogP) is 5.34. The van der Waals surface area contributed by atoms with Crippen LogP contribution in [0.25, 0.3) is 0 Å². The van der Waals surface area contributed by atoms with Gasteiger partial charge in [-0.2, -0.15) is 0 Å². The van der Waals surface area contributed by atoms with Crippen LogP contribution in [0.15, 0.2) is 36.4 Å². The molecule has 0 spiro atoms. The Hall–Kier alpha value is -2.57. The van der Waals surface area contributed by atoms with Crippen molar-refractivity contribution in [3.63, 3.8) is 0 Å². The van der Waals surface area contributed by atoms with Crippen LogP contribution in [0.3, 0.4) is 0 Å². The molecule has 1 aliphatic carbocycles. The van der Waals surface area contributed by atoms with E-state index in [0.29, 0.717) is 6.04 Å². The number of aliphatic carboxylic acids is 1. The SMILES string of the molecule is CCc1cc(C#Cc2ccc(C(C)(C)C(=O)O)cc2)cc2c1C(NC)CCC2(C)C. The van der Waals surface area contributed by atoms with E-state index in [-0.39, 0.29) is 5.41 Å². The normalized spacial score (nSPS) is 17.6. The van der Waals surface area contributed by atoms with Crippen molar-refractivity contribution < 1.29 is 9.90 Å². The van der Waals surface area contributed by atoms with Gasteiger partial charge in [-0.15, -0.1) is 0 Å². The van der Waals surface area contributed by atoms with Crippen LogP contribution in [0.4, 0.5) is 0 Å². The van der Waals surface area contributed by atoms with E-state index in [0.717, 1.165) is 36.0 Å². The van der Waals surface area contributed by atoms with Gasteiger partial charge in [0.15, 0.2) is 0 Å². The zero-order chi connectivity index (χ0) is 22.1. The van der Waals surface area contributed by atoms with Gasteiger partial charge in [-0.25, -0.2) is 0 Å². The van der Waals surface area contributed by atoms with Gasteiger partial charge < -0.3 is 10.4 Å². The molecule has 1 unspecified atom stereocenters. The van der Waals surface area contributed by atoms with Gasteiger partial charge in [-0.3, -0.25) is 4.79 Å². The topological polar surface area (TPSA) is 49.3 Å². The summed E-state index contributed by atoms with van der Waals surface area (Å²) < 4.78 is 0. The summed E-state index contributed by atoms with van der Waals surface area (Å²) in [5.41, 5.74) is 6.21. The summed E-state index contributed by atoms with van der Waals surface area (Å²) in [6, 6.07) is 12.5. The Kier molecular flexibility index (Phi) is 6.11. The molecule has 0 aliphatic heterocycles. The molecule has 0 saturated carbocycles. The average molecular weight is 404 g/mol. The molecule has 2 aromatic carbocycles. The Balaban J connectivity index is 1.98. The lowest BCUT2D eigenvalue weighted by molar-refractivity contribution is -0.142. The number of carboxylic acid groups (broad SMARTS) is 1. The molecule has 0 aromatic heterocycles. The third-order valence-electron chi connectivity index (χ3n) is 6.62. The Morgan fingerprint density at radius 3 is 2.37 bits per heavy atom. The van der Waals surface area contributed by atoms with Crippen molar-refractivity contribution in [2.75, 3.05) is 7.05 Å². The van der Waals surface area contributed by atoms with Crippen molar-refractivity contribution in [2.24, 2.45) is 0 Å². The maximum absolute atomic E-state index is 11.5. The fraction of sp³-hybridized carbons (Fsp3) is 0.444. The highest BCUT2D eigenvalue weighted by molar-refractivity contribution is 5.80. The van der Waals surface area contributed by atoms with Crippen LogP contribution in [0.5, 0.6) is 0 Å². The lowest BCUT2D eigenvalue weighted by Crippen LogP contribution is -2.32. The van der Waals surface area contributed by atoms with Gasteiger partial charge in [0.2, 0.25) is 0 Å². The van der Waals surface area contributed by atoms with Crippen LogP contribution in [0.1, 0.15) is 86.9 Å². The molecule has 30 heavy (non-hydrogen) atoms. The second kappa shape index (κ2) is 8.28. The second-order valence-corrected chi connectivity index (χ2v) is 9.47. The fourth-order valence-corrected chi connectivity index (χ4v) is 4.36. The lowest BCUT2D eigenvalue weighted by atomic mass is 9.69. The summed E-state index contributed by atoms with van der Waals surface area (Å²) in [5, 5.41) is 12.9. The molecule has 3 heteroatoms. The molecule has 1 atom stereocenters. The third kappa shape index (κ3) is 4.16. The van der Waals surface area contributed by atoms with Crippen molar-refractivity contribution >= 4 is 5.97 Å². The fourth-order valence-electron chi connectivity index (χ4n) is 4.36. The summed E-state index contributed by atoms with van der Waals surface area (Å²) in [6.07, 6.45) is 3.31. The first-order valence-corrected chi connectivity index (χ1v) is 10.8.